The van der Waals surface area contributed by atoms with E-state index >= 15 is 0 Å². The summed E-state index contributed by atoms with van der Waals surface area (Å²) in [6, 6.07) is 10.0. The fourth-order valence-corrected chi connectivity index (χ4v) is 2.32. The van der Waals surface area contributed by atoms with Crippen molar-refractivity contribution in [3.63, 3.8) is 0 Å². The third-order valence-corrected chi connectivity index (χ3v) is 3.98. The number of nitrogens with one attached hydrogen (secondary N) is 1. The number of hydrogen-bond donors (Lipinski definition) is 1. The molecule has 5 nitrogen and oxygen atoms in total. The second-order valence-electron chi connectivity index (χ2n) is 5.81. The number of urea groups is 1. The minimum Gasteiger partial charge on any atom is -0.321 e. The lowest BCUT2D eigenvalue weighted by molar-refractivity contribution is 0.216. The highest BCUT2D eigenvalue weighted by atomic mass is 16.2. The van der Waals surface area contributed by atoms with E-state index in [4.69, 9.17) is 0 Å². The Bertz CT molecular complexity index is 676. The molecule has 0 aliphatic heterocycles. The normalized spacial score (nSPS) is 11.0. The molecule has 1 N–H and O–H groups in total. The number of unbranched alkanes of at least 4 members (excludes halogenated alkanes) is 1. The molecule has 2 aromatic rings. The van der Waals surface area contributed by atoms with Crippen LogP contribution in [0.1, 0.15) is 31.0 Å². The molecule has 5 heteroatoms. The number of amides is 2. The summed E-state index contributed by atoms with van der Waals surface area (Å²) in [4.78, 5) is 14.4. The molecular weight excluding hydrogens is 300 g/mol. The lowest BCUT2D eigenvalue weighted by Gasteiger charge is -2.21. The van der Waals surface area contributed by atoms with Crippen LogP contribution >= 0.6 is 0 Å². The van der Waals surface area contributed by atoms with Crippen molar-refractivity contribution < 1.29 is 4.79 Å². The van der Waals surface area contributed by atoms with E-state index < -0.39 is 0 Å². The Morgan fingerprint density at radius 2 is 2.08 bits per heavy atom. The fraction of sp³-hybridized carbons (Fsp3) is 0.368. The number of benzene rings is 1. The molecule has 2 amide bonds. The summed E-state index contributed by atoms with van der Waals surface area (Å²) in [5.41, 5.74) is 2.84. The first-order chi connectivity index (χ1) is 11.6. The van der Waals surface area contributed by atoms with E-state index in [9.17, 15) is 4.79 Å². The van der Waals surface area contributed by atoms with Crippen LogP contribution in [0.2, 0.25) is 0 Å². The summed E-state index contributed by atoms with van der Waals surface area (Å²) in [6.45, 7) is 5.39. The van der Waals surface area contributed by atoms with Crippen molar-refractivity contribution in [3.05, 3.63) is 53.9 Å². The van der Waals surface area contributed by atoms with Crippen LogP contribution in [0.3, 0.4) is 0 Å². The second-order valence-corrected chi connectivity index (χ2v) is 5.81. The Kier molecular flexibility index (Phi) is 6.61. The van der Waals surface area contributed by atoms with Gasteiger partial charge in [-0.3, -0.25) is 4.68 Å². The lowest BCUT2D eigenvalue weighted by atomic mass is 10.2. The van der Waals surface area contributed by atoms with E-state index in [0.29, 0.717) is 6.54 Å². The number of carbonyl (C=O) groups is 1. The zero-order valence-corrected chi connectivity index (χ0v) is 14.7. The van der Waals surface area contributed by atoms with Crippen LogP contribution in [-0.2, 0) is 7.05 Å². The van der Waals surface area contributed by atoms with Gasteiger partial charge in [0, 0.05) is 20.1 Å². The maximum atomic E-state index is 12.6. The third-order valence-electron chi connectivity index (χ3n) is 3.98. The molecule has 0 bridgehead atoms. The first kappa shape index (κ1) is 17.8. The van der Waals surface area contributed by atoms with Crippen molar-refractivity contribution in [1.29, 1.82) is 0 Å². The Balaban J connectivity index is 1.99. The van der Waals surface area contributed by atoms with Crippen molar-refractivity contribution in [2.24, 2.45) is 7.05 Å². The van der Waals surface area contributed by atoms with E-state index in [2.05, 4.69) is 17.3 Å². The molecule has 1 aromatic carbocycles. The van der Waals surface area contributed by atoms with E-state index in [0.717, 1.165) is 36.3 Å². The molecular formula is C19H26N4O. The van der Waals surface area contributed by atoms with Gasteiger partial charge in [0.2, 0.25) is 0 Å². The zero-order valence-electron chi connectivity index (χ0n) is 14.7. The predicted molar refractivity (Wildman–Crippen MR) is 98.9 cm³/mol. The number of rotatable bonds is 7. The van der Waals surface area contributed by atoms with Gasteiger partial charge in [0.25, 0.3) is 0 Å². The fourth-order valence-electron chi connectivity index (χ4n) is 2.32. The molecule has 0 spiro atoms. The van der Waals surface area contributed by atoms with Crippen molar-refractivity contribution in [2.75, 3.05) is 18.4 Å². The smallest absolute Gasteiger partial charge is 0.321 e. The predicted octanol–water partition coefficient (Wildman–Crippen LogP) is 4.08. The first-order valence-corrected chi connectivity index (χ1v) is 8.38. The summed E-state index contributed by atoms with van der Waals surface area (Å²) in [7, 11) is 1.86. The monoisotopic (exact) mass is 326 g/mol. The SMILES string of the molecule is CCCCN(CC=Cc1ccccc1)C(=O)Nc1cnn(C)c1C. The standard InChI is InChI=1S/C19H26N4O/c1-4-5-13-23(14-9-12-17-10-7-6-8-11-17)19(24)21-18-15-20-22(3)16(18)2/h6-12,15H,4-5,13-14H2,1-3H3,(H,21,24). The maximum absolute atomic E-state index is 12.6. The topological polar surface area (TPSA) is 50.2 Å². The Labute approximate surface area is 144 Å². The van der Waals surface area contributed by atoms with Gasteiger partial charge in [0.05, 0.1) is 17.6 Å². The highest BCUT2D eigenvalue weighted by molar-refractivity contribution is 5.89. The molecule has 1 heterocycles. The highest BCUT2D eigenvalue weighted by Gasteiger charge is 2.14. The second kappa shape index (κ2) is 8.91. The van der Waals surface area contributed by atoms with E-state index in [-0.39, 0.29) is 6.03 Å². The summed E-state index contributed by atoms with van der Waals surface area (Å²) >= 11 is 0. The van der Waals surface area contributed by atoms with Gasteiger partial charge in [-0.2, -0.15) is 5.10 Å². The van der Waals surface area contributed by atoms with Gasteiger partial charge < -0.3 is 10.2 Å². The third kappa shape index (κ3) is 4.98. The Morgan fingerprint density at radius 3 is 2.71 bits per heavy atom. The van der Waals surface area contributed by atoms with Gasteiger partial charge in [-0.25, -0.2) is 4.79 Å². The number of aromatic nitrogens is 2. The van der Waals surface area contributed by atoms with Crippen LogP contribution in [0.15, 0.2) is 42.6 Å². The molecule has 0 fully saturated rings. The average molecular weight is 326 g/mol. The molecule has 0 aliphatic rings. The van der Waals surface area contributed by atoms with Gasteiger partial charge in [-0.1, -0.05) is 55.8 Å². The molecule has 1 aromatic heterocycles. The molecule has 0 atom stereocenters. The summed E-state index contributed by atoms with van der Waals surface area (Å²) in [6.07, 6.45) is 7.80. The van der Waals surface area contributed by atoms with Crippen molar-refractivity contribution in [2.45, 2.75) is 26.7 Å². The molecule has 0 aliphatic carbocycles. The van der Waals surface area contributed by atoms with Gasteiger partial charge in [0.15, 0.2) is 0 Å². The van der Waals surface area contributed by atoms with Crippen molar-refractivity contribution in [3.8, 4) is 0 Å². The number of nitrogens with zero attached hydrogens (tertiary/aromatic N) is 3. The Hall–Kier alpha value is -2.56. The van der Waals surface area contributed by atoms with E-state index in [1.165, 1.54) is 0 Å². The van der Waals surface area contributed by atoms with Crippen LogP contribution in [-0.4, -0.2) is 33.8 Å². The van der Waals surface area contributed by atoms with Gasteiger partial charge >= 0.3 is 6.03 Å². The number of hydrogen-bond acceptors (Lipinski definition) is 2. The van der Waals surface area contributed by atoms with Crippen molar-refractivity contribution >= 4 is 17.8 Å². The number of aryl methyl sites for hydroxylation is 1. The first-order valence-electron chi connectivity index (χ1n) is 8.38. The number of carbonyl (C=O) groups excluding carboxylic acids is 1. The van der Waals surface area contributed by atoms with Crippen LogP contribution in [0.25, 0.3) is 6.08 Å². The zero-order chi connectivity index (χ0) is 17.4. The molecule has 0 saturated heterocycles. The van der Waals surface area contributed by atoms with Crippen LogP contribution in [0.5, 0.6) is 0 Å². The van der Waals surface area contributed by atoms with Crippen LogP contribution in [0.4, 0.5) is 10.5 Å². The van der Waals surface area contributed by atoms with E-state index in [1.54, 1.807) is 10.9 Å². The molecule has 0 unspecified atom stereocenters. The molecule has 2 rings (SSSR count). The van der Waals surface area contributed by atoms with Gasteiger partial charge in [-0.05, 0) is 18.9 Å². The highest BCUT2D eigenvalue weighted by Crippen LogP contribution is 2.13. The quantitative estimate of drug-likeness (QED) is 0.833. The summed E-state index contributed by atoms with van der Waals surface area (Å²) in [5.74, 6) is 0. The maximum Gasteiger partial charge on any atom is 0.322 e. The van der Waals surface area contributed by atoms with Crippen molar-refractivity contribution in [1.82, 2.24) is 14.7 Å². The molecule has 128 valence electrons. The molecule has 0 radical (unpaired) electrons. The minimum absolute atomic E-state index is 0.0859. The average Bonchev–Trinajstić information content (AvgIpc) is 2.91. The minimum atomic E-state index is -0.0859. The summed E-state index contributed by atoms with van der Waals surface area (Å²) in [5, 5.41) is 7.12. The van der Waals surface area contributed by atoms with Gasteiger partial charge in [0.1, 0.15) is 0 Å². The van der Waals surface area contributed by atoms with Gasteiger partial charge in [-0.15, -0.1) is 0 Å². The number of anilines is 1. The Morgan fingerprint density at radius 1 is 1.33 bits per heavy atom. The molecule has 24 heavy (non-hydrogen) atoms. The van der Waals surface area contributed by atoms with Crippen LogP contribution in [0, 0.1) is 6.92 Å². The van der Waals surface area contributed by atoms with Crippen LogP contribution < -0.4 is 5.32 Å². The van der Waals surface area contributed by atoms with E-state index in [1.807, 2.05) is 61.4 Å². The largest absolute Gasteiger partial charge is 0.322 e. The lowest BCUT2D eigenvalue weighted by Crippen LogP contribution is -2.36. The summed E-state index contributed by atoms with van der Waals surface area (Å²) < 4.78 is 1.75. The molecule has 0 saturated carbocycles.